The molecule has 0 radical (unpaired) electrons. The van der Waals surface area contributed by atoms with Crippen molar-refractivity contribution >= 4 is 40.5 Å². The minimum absolute atomic E-state index is 0.101. The quantitative estimate of drug-likeness (QED) is 0.381. The molecule has 1 amide bonds. The normalized spacial score (nSPS) is 10.5. The van der Waals surface area contributed by atoms with Gasteiger partial charge in [0.1, 0.15) is 6.61 Å². The molecule has 0 aliphatic carbocycles. The van der Waals surface area contributed by atoms with E-state index < -0.39 is 0 Å². The molecule has 31 heavy (non-hydrogen) atoms. The molecule has 3 aromatic carbocycles. The Morgan fingerprint density at radius 2 is 1.65 bits per heavy atom. The minimum Gasteiger partial charge on any atom is -0.490 e. The molecule has 0 aromatic heterocycles. The Bertz CT molecular complexity index is 1040. The first-order valence-corrected chi connectivity index (χ1v) is 10.6. The summed E-state index contributed by atoms with van der Waals surface area (Å²) in [5.41, 5.74) is 3.49. The van der Waals surface area contributed by atoms with Gasteiger partial charge in [-0.1, -0.05) is 41.4 Å². The van der Waals surface area contributed by atoms with E-state index in [1.54, 1.807) is 0 Å². The van der Waals surface area contributed by atoms with Crippen LogP contribution < -0.4 is 20.1 Å². The third-order valence-electron chi connectivity index (χ3n) is 4.40. The first-order chi connectivity index (χ1) is 15.0. The zero-order valence-corrected chi connectivity index (χ0v) is 18.9. The van der Waals surface area contributed by atoms with Gasteiger partial charge in [-0.3, -0.25) is 4.79 Å². The topological polar surface area (TPSA) is 59.6 Å². The summed E-state index contributed by atoms with van der Waals surface area (Å²) in [7, 11) is 0. The lowest BCUT2D eigenvalue weighted by Crippen LogP contribution is -2.06. The molecule has 0 aliphatic heterocycles. The highest BCUT2D eigenvalue weighted by Gasteiger charge is 2.14. The summed E-state index contributed by atoms with van der Waals surface area (Å²) < 4.78 is 11.7. The molecule has 7 heteroatoms. The van der Waals surface area contributed by atoms with Crippen LogP contribution in [0.3, 0.4) is 0 Å². The Kier molecular flexibility index (Phi) is 8.04. The highest BCUT2D eigenvalue weighted by molar-refractivity contribution is 6.32. The minimum atomic E-state index is -0.101. The molecular weight excluding hydrogens is 435 g/mol. The third-order valence-corrected chi connectivity index (χ3v) is 5.05. The summed E-state index contributed by atoms with van der Waals surface area (Å²) in [6.45, 7) is 4.71. The van der Waals surface area contributed by atoms with E-state index in [1.807, 2.05) is 67.6 Å². The van der Waals surface area contributed by atoms with Crippen molar-refractivity contribution in [3.8, 4) is 11.5 Å². The largest absolute Gasteiger partial charge is 0.490 e. The van der Waals surface area contributed by atoms with Crippen molar-refractivity contribution in [2.45, 2.75) is 27.0 Å². The molecule has 0 unspecified atom stereocenters. The van der Waals surface area contributed by atoms with Crippen LogP contribution >= 0.6 is 23.2 Å². The van der Waals surface area contributed by atoms with Gasteiger partial charge >= 0.3 is 0 Å². The van der Waals surface area contributed by atoms with E-state index in [9.17, 15) is 4.79 Å². The molecule has 0 heterocycles. The van der Waals surface area contributed by atoms with E-state index in [2.05, 4.69) is 10.6 Å². The van der Waals surface area contributed by atoms with Crippen molar-refractivity contribution in [2.75, 3.05) is 17.2 Å². The van der Waals surface area contributed by atoms with Gasteiger partial charge in [-0.25, -0.2) is 0 Å². The lowest BCUT2D eigenvalue weighted by atomic mass is 10.2. The van der Waals surface area contributed by atoms with Crippen LogP contribution in [0.4, 0.5) is 11.4 Å². The SMILES string of the molecule is CCOc1cc(CNc2ccc(NC(C)=O)cc2)cc(Cl)c1OCc1ccccc1Cl. The second-order valence-corrected chi connectivity index (χ2v) is 7.64. The van der Waals surface area contributed by atoms with E-state index in [4.69, 9.17) is 32.7 Å². The zero-order valence-electron chi connectivity index (χ0n) is 17.4. The molecular formula is C24H24Cl2N2O3. The van der Waals surface area contributed by atoms with Crippen molar-refractivity contribution in [1.82, 2.24) is 0 Å². The number of hydrogen-bond donors (Lipinski definition) is 2. The van der Waals surface area contributed by atoms with Gasteiger partial charge in [-0.05, 0) is 55.0 Å². The number of anilines is 2. The van der Waals surface area contributed by atoms with Gasteiger partial charge in [0.25, 0.3) is 0 Å². The predicted molar refractivity (Wildman–Crippen MR) is 126 cm³/mol. The van der Waals surface area contributed by atoms with Gasteiger partial charge in [0, 0.05) is 35.4 Å². The summed E-state index contributed by atoms with van der Waals surface area (Å²) in [6.07, 6.45) is 0. The maximum absolute atomic E-state index is 11.1. The smallest absolute Gasteiger partial charge is 0.221 e. The van der Waals surface area contributed by atoms with E-state index >= 15 is 0 Å². The van der Waals surface area contributed by atoms with Crippen LogP contribution in [0.2, 0.25) is 10.0 Å². The first-order valence-electron chi connectivity index (χ1n) is 9.89. The van der Waals surface area contributed by atoms with Crippen LogP contribution in [0.15, 0.2) is 60.7 Å². The lowest BCUT2D eigenvalue weighted by Gasteiger charge is -2.16. The number of rotatable bonds is 9. The Morgan fingerprint density at radius 1 is 0.935 bits per heavy atom. The van der Waals surface area contributed by atoms with Crippen molar-refractivity contribution in [2.24, 2.45) is 0 Å². The van der Waals surface area contributed by atoms with Gasteiger partial charge in [-0.15, -0.1) is 0 Å². The molecule has 0 spiro atoms. The Balaban J connectivity index is 1.70. The van der Waals surface area contributed by atoms with E-state index in [1.165, 1.54) is 6.92 Å². The highest BCUT2D eigenvalue weighted by Crippen LogP contribution is 2.37. The number of benzene rings is 3. The van der Waals surface area contributed by atoms with Crippen LogP contribution in [0.5, 0.6) is 11.5 Å². The number of amides is 1. The molecule has 3 aromatic rings. The molecule has 2 N–H and O–H groups in total. The molecule has 0 atom stereocenters. The van der Waals surface area contributed by atoms with Gasteiger partial charge in [0.15, 0.2) is 11.5 Å². The number of carbonyl (C=O) groups excluding carboxylic acids is 1. The molecule has 162 valence electrons. The number of carbonyl (C=O) groups is 1. The Hall–Kier alpha value is -2.89. The fourth-order valence-electron chi connectivity index (χ4n) is 2.97. The lowest BCUT2D eigenvalue weighted by molar-refractivity contribution is -0.114. The van der Waals surface area contributed by atoms with Gasteiger partial charge < -0.3 is 20.1 Å². The van der Waals surface area contributed by atoms with Crippen molar-refractivity contribution in [3.63, 3.8) is 0 Å². The van der Waals surface area contributed by atoms with Crippen LogP contribution in [-0.2, 0) is 17.9 Å². The fraction of sp³-hybridized carbons (Fsp3) is 0.208. The van der Waals surface area contributed by atoms with E-state index in [0.717, 1.165) is 22.5 Å². The van der Waals surface area contributed by atoms with E-state index in [0.29, 0.717) is 34.7 Å². The third kappa shape index (κ3) is 6.54. The second kappa shape index (κ2) is 10.9. The summed E-state index contributed by atoms with van der Waals surface area (Å²) in [4.78, 5) is 11.1. The van der Waals surface area contributed by atoms with Crippen LogP contribution in [0.1, 0.15) is 25.0 Å². The van der Waals surface area contributed by atoms with Gasteiger partial charge in [0.2, 0.25) is 5.91 Å². The van der Waals surface area contributed by atoms with Crippen molar-refractivity contribution < 1.29 is 14.3 Å². The zero-order chi connectivity index (χ0) is 22.2. The molecule has 0 saturated heterocycles. The maximum Gasteiger partial charge on any atom is 0.221 e. The first kappa shape index (κ1) is 22.8. The van der Waals surface area contributed by atoms with Crippen LogP contribution in [-0.4, -0.2) is 12.5 Å². The fourth-order valence-corrected chi connectivity index (χ4v) is 3.45. The van der Waals surface area contributed by atoms with Crippen molar-refractivity contribution in [1.29, 1.82) is 0 Å². The van der Waals surface area contributed by atoms with Crippen LogP contribution in [0.25, 0.3) is 0 Å². The average Bonchev–Trinajstić information content (AvgIpc) is 2.73. The standard InChI is InChI=1S/C24H24Cl2N2O3/c1-3-30-23-13-17(14-27-19-8-10-20(11-9-19)28-16(2)29)12-22(26)24(23)31-15-18-6-4-5-7-21(18)25/h4-13,27H,3,14-15H2,1-2H3,(H,28,29). The summed E-state index contributed by atoms with van der Waals surface area (Å²) in [6, 6.07) is 18.8. The average molecular weight is 459 g/mol. The maximum atomic E-state index is 11.1. The summed E-state index contributed by atoms with van der Waals surface area (Å²) >= 11 is 12.7. The second-order valence-electron chi connectivity index (χ2n) is 6.83. The summed E-state index contributed by atoms with van der Waals surface area (Å²) in [5.74, 6) is 0.974. The number of halogens is 2. The monoisotopic (exact) mass is 458 g/mol. The summed E-state index contributed by atoms with van der Waals surface area (Å²) in [5, 5.41) is 7.19. The number of ether oxygens (including phenoxy) is 2. The van der Waals surface area contributed by atoms with E-state index in [-0.39, 0.29) is 12.5 Å². The molecule has 0 saturated carbocycles. The highest BCUT2D eigenvalue weighted by atomic mass is 35.5. The predicted octanol–water partition coefficient (Wildman–Crippen LogP) is 6.54. The van der Waals surface area contributed by atoms with Crippen LogP contribution in [0, 0.1) is 0 Å². The van der Waals surface area contributed by atoms with Crippen molar-refractivity contribution in [3.05, 3.63) is 81.8 Å². The number of nitrogens with one attached hydrogen (secondary N) is 2. The molecule has 5 nitrogen and oxygen atoms in total. The Morgan fingerprint density at radius 3 is 2.32 bits per heavy atom. The molecule has 3 rings (SSSR count). The Labute approximate surface area is 192 Å². The van der Waals surface area contributed by atoms with Gasteiger partial charge in [-0.2, -0.15) is 0 Å². The van der Waals surface area contributed by atoms with Gasteiger partial charge in [0.05, 0.1) is 11.6 Å². The molecule has 0 fully saturated rings. The molecule has 0 bridgehead atoms. The molecule has 0 aliphatic rings. The number of hydrogen-bond acceptors (Lipinski definition) is 4.